The number of aromatic nitrogens is 2. The minimum absolute atomic E-state index is 0.610. The van der Waals surface area contributed by atoms with E-state index >= 15 is 0 Å². The molecule has 1 saturated carbocycles. The summed E-state index contributed by atoms with van der Waals surface area (Å²) in [6.45, 7) is 4.47. The van der Waals surface area contributed by atoms with Crippen LogP contribution in [0.5, 0.6) is 0 Å². The molecular weight excluding hydrogens is 160 g/mol. The van der Waals surface area contributed by atoms with Crippen LogP contribution in [0, 0.1) is 0 Å². The van der Waals surface area contributed by atoms with Crippen LogP contribution in [0.15, 0.2) is 6.07 Å². The van der Waals surface area contributed by atoms with E-state index in [9.17, 15) is 0 Å². The van der Waals surface area contributed by atoms with Crippen LogP contribution >= 0.6 is 0 Å². The van der Waals surface area contributed by atoms with Crippen LogP contribution in [0.3, 0.4) is 0 Å². The zero-order valence-electron chi connectivity index (χ0n) is 8.75. The van der Waals surface area contributed by atoms with Gasteiger partial charge >= 0.3 is 0 Å². The van der Waals surface area contributed by atoms with Crippen LogP contribution < -0.4 is 0 Å². The summed E-state index contributed by atoms with van der Waals surface area (Å²) >= 11 is 0. The van der Waals surface area contributed by atoms with E-state index in [1.54, 1.807) is 0 Å². The third-order valence-electron chi connectivity index (χ3n) is 3.05. The van der Waals surface area contributed by atoms with Gasteiger partial charge in [0, 0.05) is 18.7 Å². The summed E-state index contributed by atoms with van der Waals surface area (Å²) in [6, 6.07) is 2.30. The number of hydrogen-bond acceptors (Lipinski definition) is 1. The molecule has 1 aromatic heterocycles. The quantitative estimate of drug-likeness (QED) is 0.696. The molecule has 1 unspecified atom stereocenters. The first kappa shape index (κ1) is 8.79. The van der Waals surface area contributed by atoms with Gasteiger partial charge in [-0.15, -0.1) is 0 Å². The Labute approximate surface area is 80.0 Å². The zero-order valence-corrected chi connectivity index (χ0v) is 8.75. The molecule has 0 aromatic carbocycles. The van der Waals surface area contributed by atoms with E-state index < -0.39 is 0 Å². The van der Waals surface area contributed by atoms with Gasteiger partial charge < -0.3 is 0 Å². The maximum Gasteiger partial charge on any atom is 0.0655 e. The van der Waals surface area contributed by atoms with Gasteiger partial charge in [-0.25, -0.2) is 0 Å². The Bertz CT molecular complexity index is 297. The number of aryl methyl sites for hydroxylation is 1. The smallest absolute Gasteiger partial charge is 0.0655 e. The Morgan fingerprint density at radius 2 is 2.31 bits per heavy atom. The van der Waals surface area contributed by atoms with Gasteiger partial charge in [0.15, 0.2) is 0 Å². The Kier molecular flexibility index (Phi) is 2.14. The number of rotatable bonds is 3. The molecule has 0 amide bonds. The third-order valence-corrected chi connectivity index (χ3v) is 3.05. The molecule has 1 fully saturated rings. The van der Waals surface area contributed by atoms with E-state index in [1.807, 2.05) is 0 Å². The van der Waals surface area contributed by atoms with E-state index in [0.29, 0.717) is 5.92 Å². The predicted octanol–water partition coefficient (Wildman–Crippen LogP) is 2.81. The highest BCUT2D eigenvalue weighted by atomic mass is 15.3. The lowest BCUT2D eigenvalue weighted by Crippen LogP contribution is -1.97. The molecule has 1 aromatic rings. The minimum Gasteiger partial charge on any atom is -0.272 e. The zero-order chi connectivity index (χ0) is 9.42. The van der Waals surface area contributed by atoms with Gasteiger partial charge in [-0.05, 0) is 31.2 Å². The molecule has 72 valence electrons. The Balaban J connectivity index is 2.23. The van der Waals surface area contributed by atoms with E-state index in [0.717, 1.165) is 5.92 Å². The number of nitrogens with zero attached hydrogens (tertiary/aromatic N) is 2. The van der Waals surface area contributed by atoms with Gasteiger partial charge in [0.1, 0.15) is 0 Å². The Morgan fingerprint density at radius 1 is 1.62 bits per heavy atom. The fraction of sp³-hybridized carbons (Fsp3) is 0.727. The lowest BCUT2D eigenvalue weighted by Gasteiger charge is -2.01. The SMILES string of the molecule is CCC(C)c1cc(C2CC2)n(C)n1. The second-order valence-electron chi connectivity index (χ2n) is 4.20. The maximum absolute atomic E-state index is 4.56. The van der Waals surface area contributed by atoms with Crippen LogP contribution in [0.25, 0.3) is 0 Å². The molecule has 0 N–H and O–H groups in total. The van der Waals surface area contributed by atoms with Crippen LogP contribution in [-0.4, -0.2) is 9.78 Å². The average molecular weight is 178 g/mol. The molecule has 1 heterocycles. The van der Waals surface area contributed by atoms with Gasteiger partial charge in [-0.1, -0.05) is 13.8 Å². The van der Waals surface area contributed by atoms with Crippen molar-refractivity contribution < 1.29 is 0 Å². The second kappa shape index (κ2) is 3.17. The third kappa shape index (κ3) is 1.62. The van der Waals surface area contributed by atoms with Crippen molar-refractivity contribution in [3.05, 3.63) is 17.5 Å². The van der Waals surface area contributed by atoms with E-state index in [1.165, 1.54) is 30.7 Å². The predicted molar refractivity (Wildman–Crippen MR) is 53.9 cm³/mol. The average Bonchev–Trinajstić information content (AvgIpc) is 2.89. The summed E-state index contributed by atoms with van der Waals surface area (Å²) in [5, 5.41) is 4.56. The maximum atomic E-state index is 4.56. The Hall–Kier alpha value is -0.790. The fourth-order valence-corrected chi connectivity index (χ4v) is 1.72. The van der Waals surface area contributed by atoms with Crippen LogP contribution in [0.2, 0.25) is 0 Å². The molecule has 0 radical (unpaired) electrons. The summed E-state index contributed by atoms with van der Waals surface area (Å²) in [4.78, 5) is 0. The molecule has 0 bridgehead atoms. The highest BCUT2D eigenvalue weighted by molar-refractivity contribution is 5.20. The molecule has 1 aliphatic carbocycles. The molecule has 0 saturated heterocycles. The largest absolute Gasteiger partial charge is 0.272 e. The van der Waals surface area contributed by atoms with Gasteiger partial charge in [-0.3, -0.25) is 4.68 Å². The summed E-state index contributed by atoms with van der Waals surface area (Å²) in [6.07, 6.45) is 3.90. The molecule has 13 heavy (non-hydrogen) atoms. The molecular formula is C11H18N2. The van der Waals surface area contributed by atoms with E-state index in [2.05, 4.69) is 36.7 Å². The topological polar surface area (TPSA) is 17.8 Å². The van der Waals surface area contributed by atoms with E-state index in [-0.39, 0.29) is 0 Å². The minimum atomic E-state index is 0.610. The van der Waals surface area contributed by atoms with Crippen LogP contribution in [-0.2, 0) is 7.05 Å². The molecule has 0 spiro atoms. The highest BCUT2D eigenvalue weighted by Gasteiger charge is 2.27. The second-order valence-corrected chi connectivity index (χ2v) is 4.20. The molecule has 0 aliphatic heterocycles. The number of hydrogen-bond donors (Lipinski definition) is 0. The van der Waals surface area contributed by atoms with Crippen molar-refractivity contribution in [1.29, 1.82) is 0 Å². The van der Waals surface area contributed by atoms with Gasteiger partial charge in [0.05, 0.1) is 5.69 Å². The summed E-state index contributed by atoms with van der Waals surface area (Å²) in [5.41, 5.74) is 2.71. The first-order valence-electron chi connectivity index (χ1n) is 5.26. The molecule has 2 nitrogen and oxygen atoms in total. The molecule has 1 atom stereocenters. The van der Waals surface area contributed by atoms with Crippen molar-refractivity contribution in [3.8, 4) is 0 Å². The summed E-state index contributed by atoms with van der Waals surface area (Å²) in [5.74, 6) is 1.43. The molecule has 1 aliphatic rings. The molecule has 2 rings (SSSR count). The fourth-order valence-electron chi connectivity index (χ4n) is 1.72. The lowest BCUT2D eigenvalue weighted by molar-refractivity contribution is 0.652. The highest BCUT2D eigenvalue weighted by Crippen LogP contribution is 2.40. The monoisotopic (exact) mass is 178 g/mol. The van der Waals surface area contributed by atoms with Crippen molar-refractivity contribution >= 4 is 0 Å². The summed E-state index contributed by atoms with van der Waals surface area (Å²) < 4.78 is 2.07. The van der Waals surface area contributed by atoms with Crippen molar-refractivity contribution in [2.75, 3.05) is 0 Å². The van der Waals surface area contributed by atoms with Gasteiger partial charge in [0.25, 0.3) is 0 Å². The van der Waals surface area contributed by atoms with Crippen molar-refractivity contribution in [3.63, 3.8) is 0 Å². The Morgan fingerprint density at radius 3 is 2.85 bits per heavy atom. The van der Waals surface area contributed by atoms with Crippen LogP contribution in [0.4, 0.5) is 0 Å². The molecule has 2 heteroatoms. The van der Waals surface area contributed by atoms with Gasteiger partial charge in [-0.2, -0.15) is 5.10 Å². The van der Waals surface area contributed by atoms with Crippen LogP contribution in [0.1, 0.15) is 56.3 Å². The van der Waals surface area contributed by atoms with Crippen molar-refractivity contribution in [1.82, 2.24) is 9.78 Å². The summed E-state index contributed by atoms with van der Waals surface area (Å²) in [7, 11) is 2.07. The van der Waals surface area contributed by atoms with Crippen molar-refractivity contribution in [2.45, 2.75) is 44.9 Å². The normalized spacial score (nSPS) is 19.0. The van der Waals surface area contributed by atoms with Gasteiger partial charge in [0.2, 0.25) is 0 Å². The van der Waals surface area contributed by atoms with E-state index in [4.69, 9.17) is 0 Å². The standard InChI is InChI=1S/C11H18N2/c1-4-8(2)10-7-11(9-5-6-9)13(3)12-10/h7-9H,4-6H2,1-3H3. The first-order chi connectivity index (χ1) is 6.22. The lowest BCUT2D eigenvalue weighted by atomic mass is 10.0. The van der Waals surface area contributed by atoms with Crippen molar-refractivity contribution in [2.24, 2.45) is 7.05 Å². The first-order valence-corrected chi connectivity index (χ1v) is 5.26.